The molecule has 0 unspecified atom stereocenters. The zero-order valence-electron chi connectivity index (χ0n) is 18.2. The minimum atomic E-state index is -0.513. The van der Waals surface area contributed by atoms with E-state index in [4.69, 9.17) is 23.2 Å². The number of carbonyl (C=O) groups is 2. The van der Waals surface area contributed by atoms with Gasteiger partial charge in [0.15, 0.2) is 0 Å². The molecule has 2 amide bonds. The second-order valence-electron chi connectivity index (χ2n) is 7.48. The Morgan fingerprint density at radius 2 is 1.77 bits per heavy atom. The van der Waals surface area contributed by atoms with Gasteiger partial charge in [-0.3, -0.25) is 9.59 Å². The fraction of sp³-hybridized carbons (Fsp3) is 0.417. The predicted molar refractivity (Wildman–Crippen MR) is 132 cm³/mol. The first kappa shape index (κ1) is 25.6. The highest BCUT2D eigenvalue weighted by Crippen LogP contribution is 2.25. The molecule has 0 spiro atoms. The lowest BCUT2D eigenvalue weighted by molar-refractivity contribution is -0.139. The fourth-order valence-corrected chi connectivity index (χ4v) is 4.58. The van der Waals surface area contributed by atoms with Crippen LogP contribution in [0.1, 0.15) is 44.7 Å². The molecule has 0 aliphatic rings. The normalized spacial score (nSPS) is 12.8. The summed E-state index contributed by atoms with van der Waals surface area (Å²) in [6.07, 6.45) is 1.39. The molecule has 0 fully saturated rings. The van der Waals surface area contributed by atoms with Gasteiger partial charge in [-0.1, -0.05) is 73.4 Å². The summed E-state index contributed by atoms with van der Waals surface area (Å²) in [5.74, 6) is 0.687. The highest BCUT2D eigenvalue weighted by atomic mass is 35.5. The number of hydrogen-bond acceptors (Lipinski definition) is 3. The van der Waals surface area contributed by atoms with Gasteiger partial charge in [-0.05, 0) is 43.0 Å². The Kier molecular flexibility index (Phi) is 10.7. The first-order valence-corrected chi connectivity index (χ1v) is 12.4. The standard InChI is InChI=1S/C24H30Cl2N2O2S/c1-4-17(3)27-24(30)22(5-2)28(14-18-9-7-6-8-10-18)23(29)16-31-15-19-11-12-20(25)13-21(19)26/h6-13,17,22H,4-5,14-16H2,1-3H3,(H,27,30)/t17-,22+/m1/s1. The van der Waals surface area contributed by atoms with Crippen molar-refractivity contribution in [2.45, 2.75) is 58.0 Å². The SMILES string of the molecule is CC[C@@H](C)NC(=O)[C@H](CC)N(Cc1ccccc1)C(=O)CSCc1ccc(Cl)cc1Cl. The van der Waals surface area contributed by atoms with E-state index in [2.05, 4.69) is 5.32 Å². The minimum Gasteiger partial charge on any atom is -0.352 e. The molecule has 0 aliphatic carbocycles. The lowest BCUT2D eigenvalue weighted by Gasteiger charge is -2.31. The summed E-state index contributed by atoms with van der Waals surface area (Å²) < 4.78 is 0. The summed E-state index contributed by atoms with van der Waals surface area (Å²) in [5.41, 5.74) is 1.93. The molecule has 4 nitrogen and oxygen atoms in total. The molecule has 2 rings (SSSR count). The molecule has 0 aliphatic heterocycles. The number of carbonyl (C=O) groups excluding carboxylic acids is 2. The Bertz CT molecular complexity index is 864. The molecule has 0 radical (unpaired) electrons. The van der Waals surface area contributed by atoms with Crippen molar-refractivity contribution < 1.29 is 9.59 Å². The summed E-state index contributed by atoms with van der Waals surface area (Å²) in [6, 6.07) is 14.7. The molecule has 31 heavy (non-hydrogen) atoms. The van der Waals surface area contributed by atoms with E-state index < -0.39 is 6.04 Å². The van der Waals surface area contributed by atoms with Crippen LogP contribution in [0.5, 0.6) is 0 Å². The maximum atomic E-state index is 13.2. The van der Waals surface area contributed by atoms with Crippen molar-refractivity contribution in [3.63, 3.8) is 0 Å². The van der Waals surface area contributed by atoms with Gasteiger partial charge in [0.05, 0.1) is 5.75 Å². The molecule has 2 aromatic carbocycles. The van der Waals surface area contributed by atoms with Crippen LogP contribution >= 0.6 is 35.0 Å². The van der Waals surface area contributed by atoms with Crippen LogP contribution < -0.4 is 5.32 Å². The third-order valence-corrected chi connectivity index (χ3v) is 6.63. The largest absolute Gasteiger partial charge is 0.352 e. The van der Waals surface area contributed by atoms with Gasteiger partial charge in [0.25, 0.3) is 0 Å². The van der Waals surface area contributed by atoms with Gasteiger partial charge in [-0.2, -0.15) is 0 Å². The van der Waals surface area contributed by atoms with Crippen LogP contribution in [0.3, 0.4) is 0 Å². The first-order chi connectivity index (χ1) is 14.8. The monoisotopic (exact) mass is 480 g/mol. The number of benzene rings is 2. The van der Waals surface area contributed by atoms with Crippen LogP contribution in [-0.4, -0.2) is 34.6 Å². The predicted octanol–water partition coefficient (Wildman–Crippen LogP) is 5.95. The van der Waals surface area contributed by atoms with E-state index >= 15 is 0 Å². The average Bonchev–Trinajstić information content (AvgIpc) is 2.75. The molecular weight excluding hydrogens is 451 g/mol. The van der Waals surface area contributed by atoms with E-state index in [1.807, 2.05) is 57.2 Å². The van der Waals surface area contributed by atoms with E-state index in [0.29, 0.717) is 28.8 Å². The quantitative estimate of drug-likeness (QED) is 0.432. The summed E-state index contributed by atoms with van der Waals surface area (Å²) in [4.78, 5) is 27.8. The topological polar surface area (TPSA) is 49.4 Å². The van der Waals surface area contributed by atoms with Gasteiger partial charge in [-0.15, -0.1) is 11.8 Å². The summed E-state index contributed by atoms with van der Waals surface area (Å²) in [7, 11) is 0. The number of halogens is 2. The Balaban J connectivity index is 2.12. The maximum absolute atomic E-state index is 13.2. The van der Waals surface area contributed by atoms with Crippen LogP contribution in [0.15, 0.2) is 48.5 Å². The van der Waals surface area contributed by atoms with Gasteiger partial charge in [0, 0.05) is 28.4 Å². The summed E-state index contributed by atoms with van der Waals surface area (Å²) in [5, 5.41) is 4.20. The summed E-state index contributed by atoms with van der Waals surface area (Å²) in [6.45, 7) is 6.33. The molecule has 2 aromatic rings. The van der Waals surface area contributed by atoms with Gasteiger partial charge >= 0.3 is 0 Å². The summed E-state index contributed by atoms with van der Waals surface area (Å²) >= 11 is 13.7. The highest BCUT2D eigenvalue weighted by molar-refractivity contribution is 7.99. The van der Waals surface area contributed by atoms with Crippen molar-refractivity contribution in [2.24, 2.45) is 0 Å². The minimum absolute atomic E-state index is 0.0647. The lowest BCUT2D eigenvalue weighted by Crippen LogP contribution is -2.51. The zero-order chi connectivity index (χ0) is 22.8. The van der Waals surface area contributed by atoms with Crippen LogP contribution in [0.25, 0.3) is 0 Å². The van der Waals surface area contributed by atoms with Crippen LogP contribution in [-0.2, 0) is 21.9 Å². The molecule has 7 heteroatoms. The van der Waals surface area contributed by atoms with Crippen LogP contribution in [0.2, 0.25) is 10.0 Å². The molecule has 0 bridgehead atoms. The molecular formula is C24H30Cl2N2O2S. The molecule has 168 valence electrons. The van der Waals surface area contributed by atoms with Crippen molar-refractivity contribution >= 4 is 46.8 Å². The molecule has 0 aromatic heterocycles. The zero-order valence-corrected chi connectivity index (χ0v) is 20.6. The highest BCUT2D eigenvalue weighted by Gasteiger charge is 2.29. The van der Waals surface area contributed by atoms with Crippen molar-refractivity contribution in [3.05, 3.63) is 69.7 Å². The second-order valence-corrected chi connectivity index (χ2v) is 9.31. The van der Waals surface area contributed by atoms with E-state index in [9.17, 15) is 9.59 Å². The third-order valence-electron chi connectivity index (χ3n) is 5.08. The van der Waals surface area contributed by atoms with E-state index in [-0.39, 0.29) is 23.6 Å². The second kappa shape index (κ2) is 13.0. The van der Waals surface area contributed by atoms with Crippen LogP contribution in [0.4, 0.5) is 0 Å². The third kappa shape index (κ3) is 8.06. The number of hydrogen-bond donors (Lipinski definition) is 1. The van der Waals surface area contributed by atoms with E-state index in [1.54, 1.807) is 17.0 Å². The van der Waals surface area contributed by atoms with Crippen molar-refractivity contribution in [2.75, 3.05) is 5.75 Å². The number of rotatable bonds is 11. The van der Waals surface area contributed by atoms with Gasteiger partial charge in [-0.25, -0.2) is 0 Å². The molecule has 0 saturated heterocycles. The van der Waals surface area contributed by atoms with E-state index in [1.165, 1.54) is 11.8 Å². The Morgan fingerprint density at radius 3 is 2.39 bits per heavy atom. The first-order valence-electron chi connectivity index (χ1n) is 10.5. The van der Waals surface area contributed by atoms with Gasteiger partial charge in [0.2, 0.25) is 11.8 Å². The maximum Gasteiger partial charge on any atom is 0.243 e. The molecule has 1 N–H and O–H groups in total. The lowest BCUT2D eigenvalue weighted by atomic mass is 10.1. The Labute approximate surface area is 199 Å². The molecule has 0 heterocycles. The number of thioether (sulfide) groups is 1. The smallest absolute Gasteiger partial charge is 0.243 e. The Hall–Kier alpha value is -1.69. The van der Waals surface area contributed by atoms with Gasteiger partial charge in [0.1, 0.15) is 6.04 Å². The number of nitrogens with zero attached hydrogens (tertiary/aromatic N) is 1. The molecule has 0 saturated carbocycles. The fourth-order valence-electron chi connectivity index (χ4n) is 3.11. The Morgan fingerprint density at radius 1 is 1.06 bits per heavy atom. The van der Waals surface area contributed by atoms with Crippen molar-refractivity contribution in [3.8, 4) is 0 Å². The number of amides is 2. The van der Waals surface area contributed by atoms with E-state index in [0.717, 1.165) is 17.5 Å². The van der Waals surface area contributed by atoms with Gasteiger partial charge < -0.3 is 10.2 Å². The van der Waals surface area contributed by atoms with Crippen molar-refractivity contribution in [1.82, 2.24) is 10.2 Å². The van der Waals surface area contributed by atoms with Crippen molar-refractivity contribution in [1.29, 1.82) is 0 Å². The van der Waals surface area contributed by atoms with Crippen LogP contribution in [0, 0.1) is 0 Å². The molecule has 2 atom stereocenters. The number of nitrogens with one attached hydrogen (secondary N) is 1. The average molecular weight is 481 g/mol.